The molecule has 1 heterocycles. The molecule has 0 radical (unpaired) electrons. The smallest absolute Gasteiger partial charge is 0.317 e. The fraction of sp³-hybridized carbons (Fsp3) is 0.900. The summed E-state index contributed by atoms with van der Waals surface area (Å²) in [7, 11) is 0. The van der Waals surface area contributed by atoms with Gasteiger partial charge in [0.15, 0.2) is 0 Å². The highest BCUT2D eigenvalue weighted by Gasteiger charge is 2.22. The second-order valence-corrected chi connectivity index (χ2v) is 3.80. The standard InChI is InChI=1S/C10H20N2O2/c1-2-11-10(14)12-6-3-4-9(8-12)5-7-13/h9,13H,2-8H2,1H3,(H,11,14). The van der Waals surface area contributed by atoms with Crippen LogP contribution < -0.4 is 5.32 Å². The Kier molecular flexibility index (Phi) is 4.73. The van der Waals surface area contributed by atoms with Crippen LogP contribution in [0.15, 0.2) is 0 Å². The summed E-state index contributed by atoms with van der Waals surface area (Å²) in [6, 6.07) is 0.0372. The average Bonchev–Trinajstić information content (AvgIpc) is 2.19. The SMILES string of the molecule is CCNC(=O)N1CCCC(CCO)C1. The van der Waals surface area contributed by atoms with Crippen molar-refractivity contribution in [2.75, 3.05) is 26.2 Å². The third-order valence-electron chi connectivity index (χ3n) is 2.67. The zero-order chi connectivity index (χ0) is 10.4. The Morgan fingerprint density at radius 2 is 2.43 bits per heavy atom. The first kappa shape index (κ1) is 11.3. The normalized spacial score (nSPS) is 22.1. The van der Waals surface area contributed by atoms with Gasteiger partial charge in [-0.1, -0.05) is 0 Å². The highest BCUT2D eigenvalue weighted by Crippen LogP contribution is 2.18. The maximum atomic E-state index is 11.5. The van der Waals surface area contributed by atoms with Gasteiger partial charge in [0.05, 0.1) is 0 Å². The van der Waals surface area contributed by atoms with Crippen molar-refractivity contribution in [2.24, 2.45) is 5.92 Å². The number of aliphatic hydroxyl groups excluding tert-OH is 1. The molecule has 2 amide bonds. The van der Waals surface area contributed by atoms with E-state index in [1.54, 1.807) is 0 Å². The van der Waals surface area contributed by atoms with Gasteiger partial charge in [-0.3, -0.25) is 0 Å². The number of amides is 2. The highest BCUT2D eigenvalue weighted by atomic mass is 16.3. The summed E-state index contributed by atoms with van der Waals surface area (Å²) in [4.78, 5) is 13.4. The van der Waals surface area contributed by atoms with Crippen molar-refractivity contribution in [3.63, 3.8) is 0 Å². The molecule has 0 bridgehead atoms. The fourth-order valence-electron chi connectivity index (χ4n) is 1.93. The van der Waals surface area contributed by atoms with Gasteiger partial charge in [0.25, 0.3) is 0 Å². The lowest BCUT2D eigenvalue weighted by atomic mass is 9.95. The van der Waals surface area contributed by atoms with Crippen LogP contribution in [0.3, 0.4) is 0 Å². The van der Waals surface area contributed by atoms with Gasteiger partial charge in [-0.15, -0.1) is 0 Å². The lowest BCUT2D eigenvalue weighted by Crippen LogP contribution is -2.45. The van der Waals surface area contributed by atoms with Gasteiger partial charge in [0.1, 0.15) is 0 Å². The van der Waals surface area contributed by atoms with Crippen molar-refractivity contribution < 1.29 is 9.90 Å². The van der Waals surface area contributed by atoms with Crippen molar-refractivity contribution in [2.45, 2.75) is 26.2 Å². The Balaban J connectivity index is 2.35. The molecule has 0 aliphatic carbocycles. The van der Waals surface area contributed by atoms with E-state index >= 15 is 0 Å². The van der Waals surface area contributed by atoms with Gasteiger partial charge in [-0.25, -0.2) is 4.79 Å². The molecule has 1 atom stereocenters. The first-order valence-electron chi connectivity index (χ1n) is 5.41. The summed E-state index contributed by atoms with van der Waals surface area (Å²) in [6.45, 7) is 4.49. The van der Waals surface area contributed by atoms with Crippen LogP contribution in [-0.4, -0.2) is 42.3 Å². The van der Waals surface area contributed by atoms with Crippen molar-refractivity contribution in [1.29, 1.82) is 0 Å². The van der Waals surface area contributed by atoms with E-state index in [2.05, 4.69) is 5.32 Å². The summed E-state index contributed by atoms with van der Waals surface area (Å²) < 4.78 is 0. The molecule has 0 aromatic rings. The van der Waals surface area contributed by atoms with E-state index in [-0.39, 0.29) is 12.6 Å². The van der Waals surface area contributed by atoms with E-state index in [1.165, 1.54) is 0 Å². The third kappa shape index (κ3) is 3.18. The molecular formula is C10H20N2O2. The second kappa shape index (κ2) is 5.86. The number of rotatable bonds is 3. The maximum Gasteiger partial charge on any atom is 0.317 e. The molecule has 1 saturated heterocycles. The summed E-state index contributed by atoms with van der Waals surface area (Å²) in [5.74, 6) is 0.483. The largest absolute Gasteiger partial charge is 0.396 e. The highest BCUT2D eigenvalue weighted by molar-refractivity contribution is 5.74. The van der Waals surface area contributed by atoms with Crippen LogP contribution in [0.5, 0.6) is 0 Å². The van der Waals surface area contributed by atoms with E-state index in [4.69, 9.17) is 5.11 Å². The summed E-state index contributed by atoms with van der Waals surface area (Å²) in [5, 5.41) is 11.6. The summed E-state index contributed by atoms with van der Waals surface area (Å²) in [6.07, 6.45) is 3.01. The number of hydrogen-bond donors (Lipinski definition) is 2. The van der Waals surface area contributed by atoms with E-state index in [9.17, 15) is 4.79 Å². The predicted octanol–water partition coefficient (Wildman–Crippen LogP) is 0.810. The van der Waals surface area contributed by atoms with Gasteiger partial charge in [0, 0.05) is 26.2 Å². The number of likely N-dealkylation sites (tertiary alicyclic amines) is 1. The van der Waals surface area contributed by atoms with Gasteiger partial charge in [-0.05, 0) is 32.1 Å². The van der Waals surface area contributed by atoms with Crippen molar-refractivity contribution in [1.82, 2.24) is 10.2 Å². The number of carbonyl (C=O) groups excluding carboxylic acids is 1. The number of urea groups is 1. The van der Waals surface area contributed by atoms with Crippen LogP contribution >= 0.6 is 0 Å². The van der Waals surface area contributed by atoms with Crippen LogP contribution in [0.1, 0.15) is 26.2 Å². The molecule has 0 spiro atoms. The zero-order valence-corrected chi connectivity index (χ0v) is 8.83. The Bertz CT molecular complexity index is 183. The molecule has 82 valence electrons. The second-order valence-electron chi connectivity index (χ2n) is 3.80. The molecule has 4 heteroatoms. The van der Waals surface area contributed by atoms with Crippen molar-refractivity contribution in [3.8, 4) is 0 Å². The van der Waals surface area contributed by atoms with Gasteiger partial charge in [-0.2, -0.15) is 0 Å². The Hall–Kier alpha value is -0.770. The molecule has 1 aliphatic rings. The Labute approximate surface area is 85.3 Å². The third-order valence-corrected chi connectivity index (χ3v) is 2.67. The van der Waals surface area contributed by atoms with Crippen LogP contribution in [0.25, 0.3) is 0 Å². The molecular weight excluding hydrogens is 180 g/mol. The lowest BCUT2D eigenvalue weighted by Gasteiger charge is -2.32. The molecule has 1 fully saturated rings. The molecule has 0 saturated carbocycles. The number of aliphatic hydroxyl groups is 1. The minimum atomic E-state index is 0.0372. The van der Waals surface area contributed by atoms with Crippen LogP contribution in [0.2, 0.25) is 0 Å². The molecule has 2 N–H and O–H groups in total. The van der Waals surface area contributed by atoms with Crippen molar-refractivity contribution in [3.05, 3.63) is 0 Å². The first-order valence-corrected chi connectivity index (χ1v) is 5.41. The summed E-state index contributed by atoms with van der Waals surface area (Å²) in [5.41, 5.74) is 0. The van der Waals surface area contributed by atoms with Crippen LogP contribution in [-0.2, 0) is 0 Å². The first-order chi connectivity index (χ1) is 6.77. The Morgan fingerprint density at radius 1 is 1.64 bits per heavy atom. The molecule has 1 aliphatic heterocycles. The Morgan fingerprint density at radius 3 is 3.07 bits per heavy atom. The number of hydrogen-bond acceptors (Lipinski definition) is 2. The molecule has 1 rings (SSSR count). The zero-order valence-electron chi connectivity index (χ0n) is 8.83. The maximum absolute atomic E-state index is 11.5. The lowest BCUT2D eigenvalue weighted by molar-refractivity contribution is 0.150. The molecule has 0 aromatic heterocycles. The predicted molar refractivity (Wildman–Crippen MR) is 55.1 cm³/mol. The quantitative estimate of drug-likeness (QED) is 0.708. The van der Waals surface area contributed by atoms with Gasteiger partial charge in [0.2, 0.25) is 0 Å². The van der Waals surface area contributed by atoms with E-state index in [0.717, 1.165) is 32.4 Å². The van der Waals surface area contributed by atoms with E-state index in [0.29, 0.717) is 12.5 Å². The summed E-state index contributed by atoms with van der Waals surface area (Å²) >= 11 is 0. The number of nitrogens with zero attached hydrogens (tertiary/aromatic N) is 1. The average molecular weight is 200 g/mol. The number of carbonyl (C=O) groups is 1. The number of nitrogens with one attached hydrogen (secondary N) is 1. The molecule has 1 unspecified atom stereocenters. The van der Waals surface area contributed by atoms with Crippen LogP contribution in [0.4, 0.5) is 4.79 Å². The van der Waals surface area contributed by atoms with E-state index < -0.39 is 0 Å². The minimum absolute atomic E-state index is 0.0372. The molecule has 14 heavy (non-hydrogen) atoms. The van der Waals surface area contributed by atoms with Gasteiger partial charge >= 0.3 is 6.03 Å². The molecule has 0 aromatic carbocycles. The van der Waals surface area contributed by atoms with Gasteiger partial charge < -0.3 is 15.3 Å². The monoisotopic (exact) mass is 200 g/mol. The van der Waals surface area contributed by atoms with Crippen LogP contribution in [0, 0.1) is 5.92 Å². The fourth-order valence-corrected chi connectivity index (χ4v) is 1.93. The van der Waals surface area contributed by atoms with Crippen molar-refractivity contribution >= 4 is 6.03 Å². The molecule has 4 nitrogen and oxygen atoms in total. The van der Waals surface area contributed by atoms with E-state index in [1.807, 2.05) is 11.8 Å². The topological polar surface area (TPSA) is 52.6 Å². The minimum Gasteiger partial charge on any atom is -0.396 e. The number of piperidine rings is 1.